The predicted molar refractivity (Wildman–Crippen MR) is 55.2 cm³/mol. The Morgan fingerprint density at radius 3 is 2.92 bits per heavy atom. The number of benzene rings is 1. The lowest BCUT2D eigenvalue weighted by atomic mass is 9.97. The maximum absolute atomic E-state index is 3.53. The zero-order valence-electron chi connectivity index (χ0n) is 8.06. The highest BCUT2D eigenvalue weighted by Gasteiger charge is 2.48. The molecule has 1 spiro atoms. The summed E-state index contributed by atoms with van der Waals surface area (Å²) in [5, 5.41) is 3.53. The van der Waals surface area contributed by atoms with Crippen LogP contribution in [0.3, 0.4) is 0 Å². The van der Waals surface area contributed by atoms with Crippen molar-refractivity contribution in [3.63, 3.8) is 0 Å². The Kier molecular flexibility index (Phi) is 1.30. The van der Waals surface area contributed by atoms with Crippen LogP contribution in [-0.4, -0.2) is 6.54 Å². The molecule has 0 bridgehead atoms. The number of hydrogen-bond acceptors (Lipinski definition) is 1. The second-order valence-corrected chi connectivity index (χ2v) is 4.37. The van der Waals surface area contributed by atoms with E-state index in [4.69, 9.17) is 0 Å². The van der Waals surface area contributed by atoms with Gasteiger partial charge in [0.15, 0.2) is 0 Å². The van der Waals surface area contributed by atoms with Gasteiger partial charge in [-0.25, -0.2) is 0 Å². The number of aryl methyl sites for hydroxylation is 1. The first-order valence-electron chi connectivity index (χ1n) is 5.21. The lowest BCUT2D eigenvalue weighted by molar-refractivity contribution is 0.777. The topological polar surface area (TPSA) is 12.0 Å². The summed E-state index contributed by atoms with van der Waals surface area (Å²) in [7, 11) is 0. The van der Waals surface area contributed by atoms with Gasteiger partial charge in [-0.1, -0.05) is 19.1 Å². The van der Waals surface area contributed by atoms with E-state index in [1.54, 1.807) is 5.56 Å². The summed E-state index contributed by atoms with van der Waals surface area (Å²) >= 11 is 0. The van der Waals surface area contributed by atoms with Crippen molar-refractivity contribution < 1.29 is 0 Å². The first kappa shape index (κ1) is 7.43. The molecule has 1 heterocycles. The van der Waals surface area contributed by atoms with Crippen molar-refractivity contribution >= 4 is 5.69 Å². The van der Waals surface area contributed by atoms with Gasteiger partial charge in [0.1, 0.15) is 0 Å². The van der Waals surface area contributed by atoms with E-state index in [-0.39, 0.29) is 0 Å². The maximum Gasteiger partial charge on any atom is 0.0382 e. The fourth-order valence-electron chi connectivity index (χ4n) is 2.38. The Hall–Kier alpha value is -0.980. The minimum absolute atomic E-state index is 0.557. The molecule has 0 radical (unpaired) electrons. The zero-order valence-corrected chi connectivity index (χ0v) is 8.06. The van der Waals surface area contributed by atoms with Crippen LogP contribution in [-0.2, 0) is 11.8 Å². The number of rotatable bonds is 1. The normalized spacial score (nSPS) is 21.3. The Labute approximate surface area is 79.2 Å². The van der Waals surface area contributed by atoms with Gasteiger partial charge >= 0.3 is 0 Å². The molecule has 3 rings (SSSR count). The molecule has 1 aromatic carbocycles. The number of hydrogen-bond donors (Lipinski definition) is 1. The summed E-state index contributed by atoms with van der Waals surface area (Å²) in [5.41, 5.74) is 4.98. The van der Waals surface area contributed by atoms with Crippen molar-refractivity contribution in [2.24, 2.45) is 0 Å². The van der Waals surface area contributed by atoms with E-state index >= 15 is 0 Å². The van der Waals surface area contributed by atoms with Crippen LogP contribution in [0.25, 0.3) is 0 Å². The van der Waals surface area contributed by atoms with Gasteiger partial charge in [-0.05, 0) is 36.5 Å². The number of anilines is 1. The van der Waals surface area contributed by atoms with Gasteiger partial charge in [0.05, 0.1) is 0 Å². The Morgan fingerprint density at radius 1 is 1.38 bits per heavy atom. The third kappa shape index (κ3) is 0.932. The first-order chi connectivity index (χ1) is 6.34. The van der Waals surface area contributed by atoms with Crippen molar-refractivity contribution in [2.45, 2.75) is 31.6 Å². The second kappa shape index (κ2) is 2.28. The van der Waals surface area contributed by atoms with Crippen LogP contribution in [0.2, 0.25) is 0 Å². The van der Waals surface area contributed by atoms with Crippen LogP contribution < -0.4 is 5.32 Å². The summed E-state index contributed by atoms with van der Waals surface area (Å²) in [6, 6.07) is 6.94. The smallest absolute Gasteiger partial charge is 0.0382 e. The quantitative estimate of drug-likeness (QED) is 0.688. The molecule has 1 saturated carbocycles. The number of nitrogens with one attached hydrogen (secondary N) is 1. The molecule has 1 aliphatic carbocycles. The van der Waals surface area contributed by atoms with Crippen molar-refractivity contribution in [2.75, 3.05) is 11.9 Å². The third-order valence-electron chi connectivity index (χ3n) is 3.53. The van der Waals surface area contributed by atoms with Gasteiger partial charge in [-0.3, -0.25) is 0 Å². The molecule has 1 N–H and O–H groups in total. The monoisotopic (exact) mass is 173 g/mol. The van der Waals surface area contributed by atoms with Gasteiger partial charge in [0.2, 0.25) is 0 Å². The molecule has 1 nitrogen and oxygen atoms in total. The summed E-state index contributed by atoms with van der Waals surface area (Å²) in [5.74, 6) is 0. The zero-order chi connectivity index (χ0) is 8.89. The fraction of sp³-hybridized carbons (Fsp3) is 0.500. The van der Waals surface area contributed by atoms with Crippen LogP contribution in [0.1, 0.15) is 30.9 Å². The average Bonchev–Trinajstić information content (AvgIpc) is 2.86. The molecule has 1 aromatic rings. The van der Waals surface area contributed by atoms with Gasteiger partial charge in [0, 0.05) is 17.6 Å². The van der Waals surface area contributed by atoms with Crippen molar-refractivity contribution in [1.29, 1.82) is 0 Å². The minimum Gasteiger partial charge on any atom is -0.384 e. The van der Waals surface area contributed by atoms with Crippen LogP contribution in [0, 0.1) is 0 Å². The molecule has 0 aromatic heterocycles. The van der Waals surface area contributed by atoms with Crippen molar-refractivity contribution in [3.8, 4) is 0 Å². The lowest BCUT2D eigenvalue weighted by Gasteiger charge is -2.06. The molecule has 0 amide bonds. The minimum atomic E-state index is 0.557. The molecule has 1 fully saturated rings. The van der Waals surface area contributed by atoms with Gasteiger partial charge in [0.25, 0.3) is 0 Å². The van der Waals surface area contributed by atoms with Gasteiger partial charge < -0.3 is 5.32 Å². The van der Waals surface area contributed by atoms with Crippen molar-refractivity contribution in [3.05, 3.63) is 29.3 Å². The van der Waals surface area contributed by atoms with E-state index in [0.29, 0.717) is 5.41 Å². The Balaban J connectivity index is 2.09. The molecule has 13 heavy (non-hydrogen) atoms. The Morgan fingerprint density at radius 2 is 2.23 bits per heavy atom. The molecule has 0 unspecified atom stereocenters. The van der Waals surface area contributed by atoms with E-state index in [1.807, 2.05) is 0 Å². The van der Waals surface area contributed by atoms with E-state index in [1.165, 1.54) is 30.6 Å². The number of fused-ring (bicyclic) bond motifs is 2. The molecular formula is C12H15N. The van der Waals surface area contributed by atoms with Crippen LogP contribution in [0.5, 0.6) is 0 Å². The summed E-state index contributed by atoms with van der Waals surface area (Å²) in [6.07, 6.45) is 3.92. The molecule has 1 aliphatic heterocycles. The van der Waals surface area contributed by atoms with E-state index in [9.17, 15) is 0 Å². The molecule has 68 valence electrons. The molecule has 2 aliphatic rings. The standard InChI is InChI=1S/C12H15N/c1-2-9-3-4-10-11(7-9)13-8-12(10)5-6-12/h3-4,7,13H,2,5-6,8H2,1H3. The highest BCUT2D eigenvalue weighted by atomic mass is 15.0. The largest absolute Gasteiger partial charge is 0.384 e. The molecule has 0 atom stereocenters. The summed E-state index contributed by atoms with van der Waals surface area (Å²) < 4.78 is 0. The van der Waals surface area contributed by atoms with Gasteiger partial charge in [-0.15, -0.1) is 0 Å². The second-order valence-electron chi connectivity index (χ2n) is 4.37. The highest BCUT2D eigenvalue weighted by molar-refractivity contribution is 5.63. The summed E-state index contributed by atoms with van der Waals surface area (Å²) in [4.78, 5) is 0. The molecular weight excluding hydrogens is 158 g/mol. The van der Waals surface area contributed by atoms with E-state index < -0.39 is 0 Å². The van der Waals surface area contributed by atoms with E-state index in [0.717, 1.165) is 6.42 Å². The predicted octanol–water partition coefficient (Wildman–Crippen LogP) is 2.71. The van der Waals surface area contributed by atoms with Crippen LogP contribution >= 0.6 is 0 Å². The highest BCUT2D eigenvalue weighted by Crippen LogP contribution is 2.54. The average molecular weight is 173 g/mol. The lowest BCUT2D eigenvalue weighted by Crippen LogP contribution is -2.07. The van der Waals surface area contributed by atoms with Gasteiger partial charge in [-0.2, -0.15) is 0 Å². The summed E-state index contributed by atoms with van der Waals surface area (Å²) in [6.45, 7) is 3.39. The fourth-order valence-corrected chi connectivity index (χ4v) is 2.38. The van der Waals surface area contributed by atoms with Crippen LogP contribution in [0.4, 0.5) is 5.69 Å². The van der Waals surface area contributed by atoms with E-state index in [2.05, 4.69) is 30.4 Å². The van der Waals surface area contributed by atoms with Crippen LogP contribution in [0.15, 0.2) is 18.2 Å². The third-order valence-corrected chi connectivity index (χ3v) is 3.53. The Bertz CT molecular complexity index is 350. The molecule has 0 saturated heterocycles. The van der Waals surface area contributed by atoms with Crippen molar-refractivity contribution in [1.82, 2.24) is 0 Å². The molecule has 1 heteroatoms. The SMILES string of the molecule is CCc1ccc2c(c1)NCC21CC1. The first-order valence-corrected chi connectivity index (χ1v) is 5.21. The maximum atomic E-state index is 3.53.